The summed E-state index contributed by atoms with van der Waals surface area (Å²) in [6.07, 6.45) is 9.14. The second-order valence-corrected chi connectivity index (χ2v) is 10.9. The summed E-state index contributed by atoms with van der Waals surface area (Å²) in [5, 5.41) is 3.19. The lowest BCUT2D eigenvalue weighted by atomic mass is 10.2. The standard InChI is InChI=1S/C19H28Si/c1-4-5-13-19(16-17-11-9-10-12-17)20(2,3)18-14-7-6-8-15-18/h6-8,14-15H,4-5,9-13H2,1-3H3. The van der Waals surface area contributed by atoms with E-state index in [9.17, 15) is 0 Å². The quantitative estimate of drug-likeness (QED) is 0.504. The molecule has 20 heavy (non-hydrogen) atoms. The van der Waals surface area contributed by atoms with Gasteiger partial charge in [-0.2, -0.15) is 0 Å². The molecule has 0 atom stereocenters. The van der Waals surface area contributed by atoms with E-state index in [0.29, 0.717) is 0 Å². The van der Waals surface area contributed by atoms with Crippen LogP contribution in [0.4, 0.5) is 0 Å². The number of unbranched alkanes of at least 4 members (excludes halogenated alkanes) is 1. The molecule has 0 radical (unpaired) electrons. The Kier molecular flexibility index (Phi) is 5.45. The van der Waals surface area contributed by atoms with Crippen molar-refractivity contribution in [3.05, 3.63) is 46.8 Å². The van der Waals surface area contributed by atoms with Crippen LogP contribution in [0, 0.1) is 0 Å². The van der Waals surface area contributed by atoms with Crippen LogP contribution in [0.15, 0.2) is 46.8 Å². The van der Waals surface area contributed by atoms with Gasteiger partial charge in [-0.1, -0.05) is 62.0 Å². The minimum Gasteiger partial charge on any atom is -0.127 e. The molecule has 0 bridgehead atoms. The zero-order chi connectivity index (χ0) is 14.4. The van der Waals surface area contributed by atoms with Crippen LogP contribution in [0.1, 0.15) is 51.9 Å². The third-order valence-electron chi connectivity index (χ3n) is 4.57. The molecule has 1 aliphatic rings. The highest BCUT2D eigenvalue weighted by Crippen LogP contribution is 2.26. The summed E-state index contributed by atoms with van der Waals surface area (Å²) in [5.41, 5.74) is 5.47. The van der Waals surface area contributed by atoms with Crippen LogP contribution >= 0.6 is 0 Å². The van der Waals surface area contributed by atoms with Crippen LogP contribution in [0.25, 0.3) is 0 Å². The van der Waals surface area contributed by atoms with Crippen LogP contribution < -0.4 is 5.19 Å². The first-order valence-electron chi connectivity index (χ1n) is 8.18. The first kappa shape index (κ1) is 15.3. The van der Waals surface area contributed by atoms with Crippen LogP contribution in [0.5, 0.6) is 0 Å². The fourth-order valence-corrected chi connectivity index (χ4v) is 5.72. The maximum absolute atomic E-state index is 3.88. The van der Waals surface area contributed by atoms with E-state index >= 15 is 0 Å². The third kappa shape index (κ3) is 3.74. The number of allylic oxidation sites excluding steroid dienone is 1. The lowest BCUT2D eigenvalue weighted by molar-refractivity contribution is 0.803. The molecule has 0 spiro atoms. The molecule has 1 fully saturated rings. The summed E-state index contributed by atoms with van der Waals surface area (Å²) in [6, 6.07) is 11.1. The zero-order valence-corrected chi connectivity index (χ0v) is 14.3. The van der Waals surface area contributed by atoms with Gasteiger partial charge < -0.3 is 0 Å². The van der Waals surface area contributed by atoms with E-state index < -0.39 is 8.07 Å². The molecule has 1 aromatic carbocycles. The average Bonchev–Trinajstić information content (AvgIpc) is 2.97. The Morgan fingerprint density at radius 3 is 2.35 bits per heavy atom. The highest BCUT2D eigenvalue weighted by Gasteiger charge is 2.28. The highest BCUT2D eigenvalue weighted by atomic mass is 28.3. The average molecular weight is 285 g/mol. The Morgan fingerprint density at radius 2 is 1.75 bits per heavy atom. The van der Waals surface area contributed by atoms with E-state index in [1.165, 1.54) is 44.9 Å². The third-order valence-corrected chi connectivity index (χ3v) is 8.23. The van der Waals surface area contributed by atoms with Gasteiger partial charge >= 0.3 is 0 Å². The first-order valence-corrected chi connectivity index (χ1v) is 11.2. The number of hydrogen-bond acceptors (Lipinski definition) is 0. The predicted octanol–water partition coefficient (Wildman–Crippen LogP) is 5.36. The number of rotatable bonds is 5. The summed E-state index contributed by atoms with van der Waals surface area (Å²) in [5.74, 6) is 0. The van der Waals surface area contributed by atoms with Gasteiger partial charge in [0.1, 0.15) is 8.07 Å². The molecule has 0 unspecified atom stereocenters. The Balaban J connectivity index is 2.37. The van der Waals surface area contributed by atoms with Gasteiger partial charge in [-0.3, -0.25) is 0 Å². The van der Waals surface area contributed by atoms with Gasteiger partial charge in [0.05, 0.1) is 0 Å². The molecule has 0 nitrogen and oxygen atoms in total. The first-order chi connectivity index (χ1) is 9.64. The summed E-state index contributed by atoms with van der Waals surface area (Å²) in [7, 11) is -1.53. The summed E-state index contributed by atoms with van der Waals surface area (Å²) >= 11 is 0. The molecule has 2 rings (SSSR count). The fraction of sp³-hybridized carbons (Fsp3) is 0.526. The van der Waals surface area contributed by atoms with Crippen molar-refractivity contribution < 1.29 is 0 Å². The van der Waals surface area contributed by atoms with Crippen molar-refractivity contribution in [2.24, 2.45) is 0 Å². The molecule has 0 aromatic heterocycles. The van der Waals surface area contributed by atoms with Crippen molar-refractivity contribution in [3.8, 4) is 0 Å². The summed E-state index contributed by atoms with van der Waals surface area (Å²) in [4.78, 5) is 0. The molecular formula is C19H28Si. The van der Waals surface area contributed by atoms with E-state index in [-0.39, 0.29) is 0 Å². The largest absolute Gasteiger partial charge is 0.127 e. The number of hydrogen-bond donors (Lipinski definition) is 0. The molecule has 0 saturated heterocycles. The van der Waals surface area contributed by atoms with E-state index in [0.717, 1.165) is 0 Å². The van der Waals surface area contributed by atoms with Gasteiger partial charge in [-0.25, -0.2) is 0 Å². The normalized spacial score (nSPS) is 15.2. The van der Waals surface area contributed by atoms with Crippen LogP contribution in [0.2, 0.25) is 13.1 Å². The molecule has 0 heterocycles. The van der Waals surface area contributed by atoms with E-state index in [4.69, 9.17) is 0 Å². The number of benzene rings is 1. The highest BCUT2D eigenvalue weighted by molar-refractivity contribution is 6.95. The van der Waals surface area contributed by atoms with Gasteiger partial charge in [0.2, 0.25) is 0 Å². The molecule has 108 valence electrons. The van der Waals surface area contributed by atoms with Crippen molar-refractivity contribution in [3.63, 3.8) is 0 Å². The van der Waals surface area contributed by atoms with Crippen molar-refractivity contribution in [1.29, 1.82) is 0 Å². The lowest BCUT2D eigenvalue weighted by Crippen LogP contribution is -2.43. The SMILES string of the molecule is CCCCC(=C=C1CCCC1)[Si](C)(C)c1ccccc1. The second kappa shape index (κ2) is 7.11. The van der Waals surface area contributed by atoms with Gasteiger partial charge in [0.15, 0.2) is 0 Å². The zero-order valence-electron chi connectivity index (χ0n) is 13.3. The van der Waals surface area contributed by atoms with E-state index in [1.807, 2.05) is 0 Å². The van der Waals surface area contributed by atoms with Gasteiger partial charge in [-0.05, 0) is 49.3 Å². The van der Waals surface area contributed by atoms with E-state index in [1.54, 1.807) is 16.0 Å². The minimum atomic E-state index is -1.53. The fourth-order valence-electron chi connectivity index (χ4n) is 3.05. The Bertz CT molecular complexity index is 482. The van der Waals surface area contributed by atoms with Gasteiger partial charge in [0, 0.05) is 0 Å². The Morgan fingerprint density at radius 1 is 1.10 bits per heavy atom. The van der Waals surface area contributed by atoms with Crippen molar-refractivity contribution >= 4 is 13.3 Å². The minimum absolute atomic E-state index is 1.24. The summed E-state index contributed by atoms with van der Waals surface area (Å²) in [6.45, 7) is 7.28. The van der Waals surface area contributed by atoms with Crippen molar-refractivity contribution in [2.75, 3.05) is 0 Å². The molecular weight excluding hydrogens is 256 g/mol. The molecule has 1 aromatic rings. The molecule has 1 aliphatic carbocycles. The summed E-state index contributed by atoms with van der Waals surface area (Å²) < 4.78 is 0. The monoisotopic (exact) mass is 284 g/mol. The molecule has 0 N–H and O–H groups in total. The molecule has 1 saturated carbocycles. The molecule has 1 heteroatoms. The lowest BCUT2D eigenvalue weighted by Gasteiger charge is -2.25. The Hall–Kier alpha value is -1.04. The Labute approximate surface area is 125 Å². The van der Waals surface area contributed by atoms with Crippen LogP contribution in [-0.4, -0.2) is 8.07 Å². The maximum Gasteiger partial charge on any atom is 0.116 e. The van der Waals surface area contributed by atoms with Gasteiger partial charge in [-0.15, -0.1) is 5.73 Å². The second-order valence-electron chi connectivity index (χ2n) is 6.51. The smallest absolute Gasteiger partial charge is 0.116 e. The molecule has 0 aliphatic heterocycles. The predicted molar refractivity (Wildman–Crippen MR) is 92.1 cm³/mol. The van der Waals surface area contributed by atoms with Crippen molar-refractivity contribution in [2.45, 2.75) is 65.0 Å². The van der Waals surface area contributed by atoms with Crippen LogP contribution in [0.3, 0.4) is 0 Å². The van der Waals surface area contributed by atoms with Crippen molar-refractivity contribution in [1.82, 2.24) is 0 Å². The topological polar surface area (TPSA) is 0 Å². The maximum atomic E-state index is 3.88. The van der Waals surface area contributed by atoms with Gasteiger partial charge in [0.25, 0.3) is 0 Å². The van der Waals surface area contributed by atoms with E-state index in [2.05, 4.69) is 56.1 Å². The van der Waals surface area contributed by atoms with Crippen LogP contribution in [-0.2, 0) is 0 Å². The molecule has 0 amide bonds.